The van der Waals surface area contributed by atoms with Crippen LogP contribution in [0.5, 0.6) is 0 Å². The molecule has 0 bridgehead atoms. The molecule has 0 aliphatic rings. The summed E-state index contributed by atoms with van der Waals surface area (Å²) in [5.74, 6) is -0.489. The molecule has 0 radical (unpaired) electrons. The van der Waals surface area contributed by atoms with Crippen LogP contribution in [-0.2, 0) is 10.0 Å². The van der Waals surface area contributed by atoms with Crippen molar-refractivity contribution in [3.63, 3.8) is 0 Å². The molecule has 1 N–H and O–H groups in total. The average molecular weight is 247 g/mol. The van der Waals surface area contributed by atoms with Crippen molar-refractivity contribution in [1.82, 2.24) is 4.31 Å². The van der Waals surface area contributed by atoms with Gasteiger partial charge in [0.2, 0.25) is 10.0 Å². The molecule has 0 aliphatic heterocycles. The molecule has 1 aromatic carbocycles. The fourth-order valence-electron chi connectivity index (χ4n) is 1.26. The maximum Gasteiger partial charge on any atom is 0.242 e. The Morgan fingerprint density at radius 2 is 1.88 bits per heavy atom. The molecule has 0 spiro atoms. The van der Waals surface area contributed by atoms with E-state index in [1.165, 1.54) is 26.1 Å². The van der Waals surface area contributed by atoms with Crippen LogP contribution in [0.3, 0.4) is 0 Å². The van der Waals surface area contributed by atoms with Crippen LogP contribution in [0.4, 0.5) is 4.39 Å². The molecule has 16 heavy (non-hydrogen) atoms. The molecule has 1 aromatic rings. The van der Waals surface area contributed by atoms with Gasteiger partial charge in [-0.2, -0.15) is 4.31 Å². The van der Waals surface area contributed by atoms with Gasteiger partial charge in [0.15, 0.2) is 0 Å². The van der Waals surface area contributed by atoms with Crippen molar-refractivity contribution < 1.29 is 17.9 Å². The molecule has 1 rings (SSSR count). The minimum Gasteiger partial charge on any atom is -0.392 e. The summed E-state index contributed by atoms with van der Waals surface area (Å²) in [5, 5.41) is 9.11. The Kier molecular flexibility index (Phi) is 4.01. The van der Waals surface area contributed by atoms with Gasteiger partial charge in [-0.1, -0.05) is 0 Å². The Hall–Kier alpha value is -0.980. The molecule has 0 heterocycles. The molecule has 6 heteroatoms. The molecule has 1 atom stereocenters. The largest absolute Gasteiger partial charge is 0.392 e. The van der Waals surface area contributed by atoms with E-state index in [1.54, 1.807) is 0 Å². The standard InChI is InChI=1S/C10H14FNO3S/c1-8(13)7-12(2)16(14,15)10-5-3-9(11)4-6-10/h3-6,8,13H,7H2,1-2H3. The Morgan fingerprint density at radius 1 is 1.38 bits per heavy atom. The molecular formula is C10H14FNO3S. The molecule has 0 aliphatic carbocycles. The Labute approximate surface area is 94.4 Å². The van der Waals surface area contributed by atoms with Crippen molar-refractivity contribution in [2.45, 2.75) is 17.9 Å². The van der Waals surface area contributed by atoms with Crippen LogP contribution in [0.2, 0.25) is 0 Å². The Morgan fingerprint density at radius 3 is 2.31 bits per heavy atom. The van der Waals surface area contributed by atoms with Crippen molar-refractivity contribution in [2.75, 3.05) is 13.6 Å². The van der Waals surface area contributed by atoms with Crippen molar-refractivity contribution in [3.05, 3.63) is 30.1 Å². The Balaban J connectivity index is 2.97. The van der Waals surface area contributed by atoms with E-state index in [0.717, 1.165) is 16.4 Å². The number of rotatable bonds is 4. The third-order valence-electron chi connectivity index (χ3n) is 2.04. The van der Waals surface area contributed by atoms with Gasteiger partial charge in [-0.3, -0.25) is 0 Å². The first-order chi connectivity index (χ1) is 7.34. The number of nitrogens with zero attached hydrogens (tertiary/aromatic N) is 1. The molecule has 0 aromatic heterocycles. The monoisotopic (exact) mass is 247 g/mol. The number of halogens is 1. The predicted molar refractivity (Wildman–Crippen MR) is 57.9 cm³/mol. The minimum atomic E-state index is -3.64. The first kappa shape index (κ1) is 13.1. The molecule has 0 fully saturated rings. The molecular weight excluding hydrogens is 233 g/mol. The maximum absolute atomic E-state index is 12.6. The summed E-state index contributed by atoms with van der Waals surface area (Å²) in [7, 11) is -2.28. The third-order valence-corrected chi connectivity index (χ3v) is 3.88. The molecule has 0 saturated carbocycles. The van der Waals surface area contributed by atoms with Crippen molar-refractivity contribution in [2.24, 2.45) is 0 Å². The maximum atomic E-state index is 12.6. The van der Waals surface area contributed by atoms with Gasteiger partial charge in [-0.05, 0) is 31.2 Å². The summed E-state index contributed by atoms with van der Waals surface area (Å²) in [6, 6.07) is 4.57. The quantitative estimate of drug-likeness (QED) is 0.857. The van der Waals surface area contributed by atoms with Gasteiger partial charge >= 0.3 is 0 Å². The van der Waals surface area contributed by atoms with E-state index in [0.29, 0.717) is 0 Å². The second-order valence-electron chi connectivity index (χ2n) is 3.59. The number of hydrogen-bond donors (Lipinski definition) is 1. The lowest BCUT2D eigenvalue weighted by atomic mass is 10.4. The molecule has 1 unspecified atom stereocenters. The first-order valence-electron chi connectivity index (χ1n) is 4.74. The van der Waals surface area contributed by atoms with Gasteiger partial charge in [-0.15, -0.1) is 0 Å². The number of aliphatic hydroxyl groups excluding tert-OH is 1. The topological polar surface area (TPSA) is 57.6 Å². The number of benzene rings is 1. The summed E-state index contributed by atoms with van der Waals surface area (Å²) in [5.41, 5.74) is 0. The number of likely N-dealkylation sites (N-methyl/N-ethyl adjacent to an activating group) is 1. The van der Waals surface area contributed by atoms with Gasteiger partial charge < -0.3 is 5.11 Å². The highest BCUT2D eigenvalue weighted by Gasteiger charge is 2.21. The van der Waals surface area contributed by atoms with E-state index < -0.39 is 21.9 Å². The van der Waals surface area contributed by atoms with E-state index >= 15 is 0 Å². The molecule has 90 valence electrons. The summed E-state index contributed by atoms with van der Waals surface area (Å²) in [6.45, 7) is 1.50. The first-order valence-corrected chi connectivity index (χ1v) is 6.18. The van der Waals surface area contributed by atoms with Gasteiger partial charge in [0.25, 0.3) is 0 Å². The fraction of sp³-hybridized carbons (Fsp3) is 0.400. The zero-order valence-corrected chi connectivity index (χ0v) is 9.91. The van der Waals surface area contributed by atoms with Crippen molar-refractivity contribution >= 4 is 10.0 Å². The zero-order valence-electron chi connectivity index (χ0n) is 9.09. The van der Waals surface area contributed by atoms with Crippen LogP contribution >= 0.6 is 0 Å². The average Bonchev–Trinajstić information content (AvgIpc) is 2.17. The number of aliphatic hydroxyl groups is 1. The van der Waals surface area contributed by atoms with Crippen LogP contribution < -0.4 is 0 Å². The fourth-order valence-corrected chi connectivity index (χ4v) is 2.51. The van der Waals surface area contributed by atoms with Crippen LogP contribution in [0.15, 0.2) is 29.2 Å². The summed E-state index contributed by atoms with van der Waals surface area (Å²) in [6.07, 6.45) is -0.750. The highest BCUT2D eigenvalue weighted by atomic mass is 32.2. The highest BCUT2D eigenvalue weighted by Crippen LogP contribution is 2.14. The molecule has 0 amide bonds. The van der Waals surface area contributed by atoms with E-state index in [4.69, 9.17) is 5.11 Å². The Bertz CT molecular complexity index is 442. The van der Waals surface area contributed by atoms with Gasteiger partial charge in [-0.25, -0.2) is 12.8 Å². The number of sulfonamides is 1. The lowest BCUT2D eigenvalue weighted by molar-refractivity contribution is 0.171. The number of hydrogen-bond acceptors (Lipinski definition) is 3. The normalized spacial score (nSPS) is 14.1. The second-order valence-corrected chi connectivity index (χ2v) is 5.63. The summed E-state index contributed by atoms with van der Waals surface area (Å²) < 4.78 is 37.4. The summed E-state index contributed by atoms with van der Waals surface area (Å²) in [4.78, 5) is 0.0112. The van der Waals surface area contributed by atoms with Gasteiger partial charge in [0, 0.05) is 13.6 Å². The highest BCUT2D eigenvalue weighted by molar-refractivity contribution is 7.89. The van der Waals surface area contributed by atoms with Crippen molar-refractivity contribution in [1.29, 1.82) is 0 Å². The SMILES string of the molecule is CC(O)CN(C)S(=O)(=O)c1ccc(F)cc1. The second kappa shape index (κ2) is 4.90. The molecule has 4 nitrogen and oxygen atoms in total. The van der Waals surface area contributed by atoms with Gasteiger partial charge in [0.1, 0.15) is 5.82 Å². The van der Waals surface area contributed by atoms with E-state index in [-0.39, 0.29) is 11.4 Å². The van der Waals surface area contributed by atoms with Crippen LogP contribution in [0, 0.1) is 5.82 Å². The van der Waals surface area contributed by atoms with E-state index in [2.05, 4.69) is 0 Å². The third kappa shape index (κ3) is 3.01. The van der Waals surface area contributed by atoms with Crippen LogP contribution in [0.25, 0.3) is 0 Å². The van der Waals surface area contributed by atoms with Crippen LogP contribution in [-0.4, -0.2) is 37.5 Å². The molecule has 0 saturated heterocycles. The van der Waals surface area contributed by atoms with E-state index in [9.17, 15) is 12.8 Å². The minimum absolute atomic E-state index is 0.000288. The van der Waals surface area contributed by atoms with Crippen LogP contribution in [0.1, 0.15) is 6.92 Å². The smallest absolute Gasteiger partial charge is 0.242 e. The van der Waals surface area contributed by atoms with Crippen molar-refractivity contribution in [3.8, 4) is 0 Å². The lowest BCUT2D eigenvalue weighted by Crippen LogP contribution is -2.33. The van der Waals surface area contributed by atoms with E-state index in [1.807, 2.05) is 0 Å². The van der Waals surface area contributed by atoms with Gasteiger partial charge in [0.05, 0.1) is 11.0 Å². The zero-order chi connectivity index (χ0) is 12.3. The lowest BCUT2D eigenvalue weighted by Gasteiger charge is -2.18. The summed E-state index contributed by atoms with van der Waals surface area (Å²) >= 11 is 0. The predicted octanol–water partition coefficient (Wildman–Crippen LogP) is 0.827.